The number of nitrogens with zero attached hydrogens (tertiary/aromatic N) is 3. The fourth-order valence-electron chi connectivity index (χ4n) is 2.78. The molecule has 1 saturated heterocycles. The summed E-state index contributed by atoms with van der Waals surface area (Å²) in [7, 11) is 0. The van der Waals surface area contributed by atoms with Crippen molar-refractivity contribution in [2.24, 2.45) is 5.41 Å². The summed E-state index contributed by atoms with van der Waals surface area (Å²) in [4.78, 5) is 30.7. The lowest BCUT2D eigenvalue weighted by atomic mass is 9.94. The Kier molecular flexibility index (Phi) is 7.33. The van der Waals surface area contributed by atoms with Gasteiger partial charge in [0, 0.05) is 44.7 Å². The lowest BCUT2D eigenvalue weighted by Gasteiger charge is -2.38. The molecule has 22 heavy (non-hydrogen) atoms. The molecule has 0 saturated carbocycles. The quantitative estimate of drug-likeness (QED) is 0.751. The molecule has 0 aromatic carbocycles. The molecule has 0 unspecified atom stereocenters. The van der Waals surface area contributed by atoms with Crippen LogP contribution in [0.4, 0.5) is 0 Å². The van der Waals surface area contributed by atoms with Gasteiger partial charge < -0.3 is 9.80 Å². The first-order valence-electron chi connectivity index (χ1n) is 8.59. The Balaban J connectivity index is 2.45. The van der Waals surface area contributed by atoms with Gasteiger partial charge in [0.15, 0.2) is 0 Å². The smallest absolute Gasteiger partial charge is 0.236 e. The molecule has 0 bridgehead atoms. The van der Waals surface area contributed by atoms with E-state index in [4.69, 9.17) is 0 Å². The van der Waals surface area contributed by atoms with E-state index in [2.05, 4.69) is 18.7 Å². The highest BCUT2D eigenvalue weighted by molar-refractivity contribution is 5.81. The largest absolute Gasteiger partial charge is 0.342 e. The molecular weight excluding hydrogens is 278 g/mol. The summed E-state index contributed by atoms with van der Waals surface area (Å²) >= 11 is 0. The zero-order chi connectivity index (χ0) is 16.8. The van der Waals surface area contributed by atoms with E-state index in [1.165, 1.54) is 0 Å². The van der Waals surface area contributed by atoms with Crippen molar-refractivity contribution < 1.29 is 9.59 Å². The van der Waals surface area contributed by atoms with Gasteiger partial charge in [-0.1, -0.05) is 34.6 Å². The van der Waals surface area contributed by atoms with Gasteiger partial charge >= 0.3 is 0 Å². The maximum Gasteiger partial charge on any atom is 0.236 e. The highest BCUT2D eigenvalue weighted by Gasteiger charge is 2.30. The third kappa shape index (κ3) is 5.59. The summed E-state index contributed by atoms with van der Waals surface area (Å²) in [5.41, 5.74) is -0.322. The number of piperazine rings is 1. The number of carbonyl (C=O) groups is 2. The van der Waals surface area contributed by atoms with Crippen molar-refractivity contribution in [3.63, 3.8) is 0 Å². The predicted molar refractivity (Wildman–Crippen MR) is 89.6 cm³/mol. The van der Waals surface area contributed by atoms with Crippen molar-refractivity contribution >= 4 is 11.8 Å². The van der Waals surface area contributed by atoms with Crippen molar-refractivity contribution in [3.8, 4) is 0 Å². The van der Waals surface area contributed by atoms with Crippen LogP contribution >= 0.6 is 0 Å². The van der Waals surface area contributed by atoms with Crippen LogP contribution in [-0.2, 0) is 9.59 Å². The molecule has 1 rings (SSSR count). The van der Waals surface area contributed by atoms with Gasteiger partial charge in [-0.2, -0.15) is 0 Å². The molecule has 1 aliphatic heterocycles. The highest BCUT2D eigenvalue weighted by atomic mass is 16.2. The standard InChI is InChI=1S/C17H33N3O2/c1-6-8-19(9-7-2)15(21)14-18-10-12-20(13-11-18)16(22)17(3,4)5/h6-14H2,1-5H3. The van der Waals surface area contributed by atoms with Crippen LogP contribution in [0.25, 0.3) is 0 Å². The van der Waals surface area contributed by atoms with Crippen LogP contribution in [-0.4, -0.2) is 72.3 Å². The van der Waals surface area contributed by atoms with Gasteiger partial charge in [0.05, 0.1) is 6.54 Å². The molecule has 0 aromatic heterocycles. The van der Waals surface area contributed by atoms with Crippen LogP contribution in [0.1, 0.15) is 47.5 Å². The Morgan fingerprint density at radius 1 is 0.955 bits per heavy atom. The summed E-state index contributed by atoms with van der Waals surface area (Å²) in [6.45, 7) is 15.3. The van der Waals surface area contributed by atoms with Gasteiger partial charge in [-0.3, -0.25) is 14.5 Å². The fraction of sp³-hybridized carbons (Fsp3) is 0.882. The minimum Gasteiger partial charge on any atom is -0.342 e. The van der Waals surface area contributed by atoms with Crippen molar-refractivity contribution in [3.05, 3.63) is 0 Å². The number of carbonyl (C=O) groups excluding carboxylic acids is 2. The maximum absolute atomic E-state index is 12.4. The van der Waals surface area contributed by atoms with E-state index in [-0.39, 0.29) is 17.2 Å². The van der Waals surface area contributed by atoms with E-state index in [0.717, 1.165) is 52.1 Å². The van der Waals surface area contributed by atoms with Gasteiger partial charge in [0.2, 0.25) is 11.8 Å². The predicted octanol–water partition coefficient (Wildman–Crippen LogP) is 1.83. The molecule has 0 N–H and O–H groups in total. The molecule has 1 aliphatic rings. The van der Waals surface area contributed by atoms with E-state index < -0.39 is 0 Å². The molecule has 0 atom stereocenters. The minimum absolute atomic E-state index is 0.206. The molecule has 5 heteroatoms. The van der Waals surface area contributed by atoms with Crippen molar-refractivity contribution in [2.75, 3.05) is 45.8 Å². The summed E-state index contributed by atoms with van der Waals surface area (Å²) in [5.74, 6) is 0.427. The van der Waals surface area contributed by atoms with E-state index in [0.29, 0.717) is 6.54 Å². The molecule has 1 fully saturated rings. The summed E-state index contributed by atoms with van der Waals surface area (Å²) in [6.07, 6.45) is 2.00. The summed E-state index contributed by atoms with van der Waals surface area (Å²) < 4.78 is 0. The second-order valence-corrected chi connectivity index (χ2v) is 7.20. The van der Waals surface area contributed by atoms with Gasteiger partial charge in [0.1, 0.15) is 0 Å². The van der Waals surface area contributed by atoms with Crippen molar-refractivity contribution in [1.82, 2.24) is 14.7 Å². The average Bonchev–Trinajstić information content (AvgIpc) is 2.46. The lowest BCUT2D eigenvalue weighted by molar-refractivity contribution is -0.141. The lowest BCUT2D eigenvalue weighted by Crippen LogP contribution is -2.53. The first-order chi connectivity index (χ1) is 10.3. The van der Waals surface area contributed by atoms with Crippen molar-refractivity contribution in [1.29, 1.82) is 0 Å². The van der Waals surface area contributed by atoms with Crippen LogP contribution in [0.3, 0.4) is 0 Å². The first-order valence-corrected chi connectivity index (χ1v) is 8.59. The third-order valence-electron chi connectivity index (χ3n) is 4.00. The Bertz CT molecular complexity index is 363. The zero-order valence-corrected chi connectivity index (χ0v) is 15.0. The molecule has 0 aliphatic carbocycles. The molecule has 128 valence electrons. The van der Waals surface area contributed by atoms with Crippen LogP contribution in [0.15, 0.2) is 0 Å². The molecule has 5 nitrogen and oxygen atoms in total. The fourth-order valence-corrected chi connectivity index (χ4v) is 2.78. The first kappa shape index (κ1) is 18.9. The average molecular weight is 311 g/mol. The Hall–Kier alpha value is -1.10. The van der Waals surface area contributed by atoms with Gasteiger partial charge in [-0.25, -0.2) is 0 Å². The topological polar surface area (TPSA) is 43.9 Å². The molecule has 0 aromatic rings. The minimum atomic E-state index is -0.322. The van der Waals surface area contributed by atoms with E-state index in [1.54, 1.807) is 0 Å². The Morgan fingerprint density at radius 2 is 1.45 bits per heavy atom. The molecule has 2 amide bonds. The SMILES string of the molecule is CCCN(CCC)C(=O)CN1CCN(C(=O)C(C)(C)C)CC1. The van der Waals surface area contributed by atoms with E-state index in [9.17, 15) is 9.59 Å². The molecule has 0 radical (unpaired) electrons. The van der Waals surface area contributed by atoms with Crippen LogP contribution in [0.5, 0.6) is 0 Å². The maximum atomic E-state index is 12.4. The monoisotopic (exact) mass is 311 g/mol. The van der Waals surface area contributed by atoms with Crippen LogP contribution < -0.4 is 0 Å². The normalized spacial score (nSPS) is 16.7. The van der Waals surface area contributed by atoms with Gasteiger partial charge in [-0.05, 0) is 12.8 Å². The Morgan fingerprint density at radius 3 is 1.86 bits per heavy atom. The summed E-state index contributed by atoms with van der Waals surface area (Å²) in [6, 6.07) is 0. The van der Waals surface area contributed by atoms with Crippen molar-refractivity contribution in [2.45, 2.75) is 47.5 Å². The molecule has 1 heterocycles. The van der Waals surface area contributed by atoms with Gasteiger partial charge in [-0.15, -0.1) is 0 Å². The zero-order valence-electron chi connectivity index (χ0n) is 15.0. The number of hydrogen-bond acceptors (Lipinski definition) is 3. The second-order valence-electron chi connectivity index (χ2n) is 7.20. The molecular formula is C17H33N3O2. The number of amides is 2. The number of hydrogen-bond donors (Lipinski definition) is 0. The second kappa shape index (κ2) is 8.51. The van der Waals surface area contributed by atoms with E-state index >= 15 is 0 Å². The van der Waals surface area contributed by atoms with Gasteiger partial charge in [0.25, 0.3) is 0 Å². The van der Waals surface area contributed by atoms with Crippen LogP contribution in [0.2, 0.25) is 0 Å². The Labute approximate surface area is 135 Å². The highest BCUT2D eigenvalue weighted by Crippen LogP contribution is 2.18. The third-order valence-corrected chi connectivity index (χ3v) is 4.00. The van der Waals surface area contributed by atoms with Crippen LogP contribution in [0, 0.1) is 5.41 Å². The number of rotatable bonds is 6. The molecule has 0 spiro atoms. The summed E-state index contributed by atoms with van der Waals surface area (Å²) in [5, 5.41) is 0. The van der Waals surface area contributed by atoms with E-state index in [1.807, 2.05) is 30.6 Å².